The molecule has 37 heavy (non-hydrogen) atoms. The van der Waals surface area contributed by atoms with Crippen molar-refractivity contribution in [3.05, 3.63) is 42.0 Å². The van der Waals surface area contributed by atoms with E-state index in [4.69, 9.17) is 0 Å². The molecule has 4 amide bonds. The number of imide groups is 1. The Hall–Kier alpha value is -3.22. The second-order valence-electron chi connectivity index (χ2n) is 12.4. The Morgan fingerprint density at radius 2 is 1.49 bits per heavy atom. The van der Waals surface area contributed by atoms with Crippen LogP contribution < -0.4 is 16.0 Å². The number of carbonyl (C=O) groups excluding carboxylic acids is 4. The van der Waals surface area contributed by atoms with Gasteiger partial charge in [0.05, 0.1) is 0 Å². The molecule has 3 aliphatic rings. The van der Waals surface area contributed by atoms with Crippen molar-refractivity contribution in [2.24, 2.45) is 22.2 Å². The van der Waals surface area contributed by atoms with E-state index in [0.717, 1.165) is 17.3 Å². The molecule has 7 nitrogen and oxygen atoms in total. The number of hydrogen-bond acceptors (Lipinski definition) is 4. The summed E-state index contributed by atoms with van der Waals surface area (Å²) in [5, 5.41) is 10.5. The predicted octanol–water partition coefficient (Wildman–Crippen LogP) is 4.95. The van der Waals surface area contributed by atoms with E-state index in [0.29, 0.717) is 36.4 Å². The van der Waals surface area contributed by atoms with Crippen LogP contribution in [-0.2, 0) is 14.4 Å². The Morgan fingerprint density at radius 1 is 0.865 bits per heavy atom. The normalized spacial score (nSPS) is 30.0. The molecule has 3 atom stereocenters. The van der Waals surface area contributed by atoms with Crippen LogP contribution in [-0.4, -0.2) is 30.2 Å². The largest absolute Gasteiger partial charge is 0.352 e. The van der Waals surface area contributed by atoms with E-state index in [-0.39, 0.29) is 23.6 Å². The van der Waals surface area contributed by atoms with Crippen molar-refractivity contribution in [3.8, 4) is 0 Å². The highest BCUT2D eigenvalue weighted by Crippen LogP contribution is 2.56. The van der Waals surface area contributed by atoms with Gasteiger partial charge in [-0.1, -0.05) is 52.2 Å². The monoisotopic (exact) mass is 503 g/mol. The molecular formula is C30H37N3O4. The van der Waals surface area contributed by atoms with Gasteiger partial charge in [-0.3, -0.25) is 24.5 Å². The van der Waals surface area contributed by atoms with E-state index in [1.807, 2.05) is 57.2 Å². The zero-order chi connectivity index (χ0) is 26.4. The lowest BCUT2D eigenvalue weighted by atomic mass is 9.52. The van der Waals surface area contributed by atoms with Crippen molar-refractivity contribution in [1.29, 1.82) is 0 Å². The molecule has 2 bridgehead atoms. The van der Waals surface area contributed by atoms with Crippen molar-refractivity contribution >= 4 is 40.1 Å². The first-order valence-electron chi connectivity index (χ1n) is 13.5. The van der Waals surface area contributed by atoms with Gasteiger partial charge in [-0.15, -0.1) is 0 Å². The fraction of sp³-hybridized carbons (Fsp3) is 0.533. The first kappa shape index (κ1) is 25.4. The maximum absolute atomic E-state index is 13.5. The fourth-order valence-electron chi connectivity index (χ4n) is 7.13. The highest BCUT2D eigenvalue weighted by atomic mass is 16.2. The number of fused-ring (bicyclic) bond motifs is 3. The number of amides is 4. The summed E-state index contributed by atoms with van der Waals surface area (Å²) in [6, 6.07) is 11.2. The summed E-state index contributed by atoms with van der Waals surface area (Å²) in [5.74, 6) is -0.255. The molecule has 1 unspecified atom stereocenters. The van der Waals surface area contributed by atoms with Gasteiger partial charge in [0.15, 0.2) is 0 Å². The molecule has 2 aromatic rings. The number of benzene rings is 2. The topological polar surface area (TPSA) is 104 Å². The predicted molar refractivity (Wildman–Crippen MR) is 143 cm³/mol. The minimum Gasteiger partial charge on any atom is -0.352 e. The van der Waals surface area contributed by atoms with Gasteiger partial charge < -0.3 is 10.6 Å². The Bertz CT molecular complexity index is 1250. The van der Waals surface area contributed by atoms with Gasteiger partial charge in [-0.05, 0) is 73.1 Å². The summed E-state index contributed by atoms with van der Waals surface area (Å²) >= 11 is 0. The van der Waals surface area contributed by atoms with E-state index >= 15 is 0 Å². The molecule has 2 aromatic carbocycles. The van der Waals surface area contributed by atoms with Crippen LogP contribution in [0.1, 0.15) is 82.5 Å². The van der Waals surface area contributed by atoms with Crippen LogP contribution >= 0.6 is 0 Å². The van der Waals surface area contributed by atoms with Crippen molar-refractivity contribution in [2.45, 2.75) is 72.1 Å². The zero-order valence-electron chi connectivity index (χ0n) is 22.0. The average molecular weight is 504 g/mol. The molecule has 2 aliphatic carbocycles. The van der Waals surface area contributed by atoms with Gasteiger partial charge in [0.1, 0.15) is 0 Å². The minimum atomic E-state index is -0.857. The summed E-state index contributed by atoms with van der Waals surface area (Å²) in [7, 11) is 0. The third-order valence-corrected chi connectivity index (χ3v) is 8.85. The molecule has 1 aliphatic heterocycles. The second kappa shape index (κ2) is 9.26. The van der Waals surface area contributed by atoms with Crippen LogP contribution in [0.5, 0.6) is 0 Å². The van der Waals surface area contributed by atoms with Gasteiger partial charge in [-0.2, -0.15) is 0 Å². The molecule has 1 saturated heterocycles. The quantitative estimate of drug-likeness (QED) is 0.502. The highest BCUT2D eigenvalue weighted by molar-refractivity contribution is 6.06. The number of carbonyl (C=O) groups is 4. The van der Waals surface area contributed by atoms with Gasteiger partial charge in [0.2, 0.25) is 17.7 Å². The number of piperidine rings is 1. The first-order valence-corrected chi connectivity index (χ1v) is 13.5. The Morgan fingerprint density at radius 3 is 2.16 bits per heavy atom. The summed E-state index contributed by atoms with van der Waals surface area (Å²) in [6.07, 6.45) is 7.40. The summed E-state index contributed by atoms with van der Waals surface area (Å²) in [4.78, 5) is 51.4. The SMILES string of the molecule is CC1(C(=O)Nc2ccc3cc(C(=O)NCC4CCCCC4)ccc3c2)C[C@@]2(C)C[C@@](C)(C1)C(=O)NC2=O. The molecule has 7 heteroatoms. The van der Waals surface area contributed by atoms with Crippen LogP contribution in [0.4, 0.5) is 5.69 Å². The average Bonchev–Trinajstić information content (AvgIpc) is 2.86. The lowest BCUT2D eigenvalue weighted by molar-refractivity contribution is -0.163. The molecule has 0 spiro atoms. The molecule has 2 saturated carbocycles. The van der Waals surface area contributed by atoms with E-state index in [1.165, 1.54) is 32.1 Å². The fourth-order valence-corrected chi connectivity index (χ4v) is 7.13. The number of hydrogen-bond donors (Lipinski definition) is 3. The van der Waals surface area contributed by atoms with Gasteiger partial charge in [-0.25, -0.2) is 0 Å². The second-order valence-corrected chi connectivity index (χ2v) is 12.4. The molecule has 0 aromatic heterocycles. The summed E-state index contributed by atoms with van der Waals surface area (Å²) < 4.78 is 0. The molecule has 196 valence electrons. The van der Waals surface area contributed by atoms with Crippen molar-refractivity contribution < 1.29 is 19.2 Å². The van der Waals surface area contributed by atoms with Gasteiger partial charge in [0.25, 0.3) is 5.91 Å². The molecule has 3 N–H and O–H groups in total. The van der Waals surface area contributed by atoms with Crippen molar-refractivity contribution in [1.82, 2.24) is 10.6 Å². The third kappa shape index (κ3) is 4.88. The van der Waals surface area contributed by atoms with Crippen LogP contribution in [0, 0.1) is 22.2 Å². The minimum absolute atomic E-state index is 0.0544. The Labute approximate surface area is 218 Å². The van der Waals surface area contributed by atoms with E-state index in [1.54, 1.807) is 0 Å². The standard InChI is InChI=1S/C30H37N3O4/c1-28(16-29(2)18-30(3,17-28)27(37)33-26(29)36)25(35)32-23-12-11-20-13-22(10-9-21(20)14-23)24(34)31-15-19-7-5-4-6-8-19/h9-14,19H,4-8,15-18H2,1-3H3,(H,31,34)(H,32,35)(H,33,36,37)/t28?,29-,30+. The van der Waals surface area contributed by atoms with Crippen LogP contribution in [0.15, 0.2) is 36.4 Å². The lowest BCUT2D eigenvalue weighted by Crippen LogP contribution is -2.63. The van der Waals surface area contributed by atoms with E-state index in [9.17, 15) is 19.2 Å². The lowest BCUT2D eigenvalue weighted by Gasteiger charge is -2.53. The third-order valence-electron chi connectivity index (χ3n) is 8.85. The molecule has 0 radical (unpaired) electrons. The molecule has 5 rings (SSSR count). The maximum Gasteiger partial charge on any atom is 0.251 e. The van der Waals surface area contributed by atoms with E-state index in [2.05, 4.69) is 16.0 Å². The molecule has 1 heterocycles. The number of anilines is 1. The zero-order valence-corrected chi connectivity index (χ0v) is 22.0. The summed E-state index contributed by atoms with van der Waals surface area (Å²) in [6.45, 7) is 6.27. The summed E-state index contributed by atoms with van der Waals surface area (Å²) in [5.41, 5.74) is -1.10. The number of nitrogens with one attached hydrogen (secondary N) is 3. The molecule has 3 fully saturated rings. The molecular weight excluding hydrogens is 466 g/mol. The van der Waals surface area contributed by atoms with Crippen LogP contribution in [0.3, 0.4) is 0 Å². The number of rotatable bonds is 5. The van der Waals surface area contributed by atoms with E-state index < -0.39 is 16.2 Å². The first-order chi connectivity index (χ1) is 17.5. The van der Waals surface area contributed by atoms with Crippen molar-refractivity contribution in [2.75, 3.05) is 11.9 Å². The van der Waals surface area contributed by atoms with Crippen LogP contribution in [0.25, 0.3) is 10.8 Å². The Kier molecular flexibility index (Phi) is 6.37. The Balaban J connectivity index is 1.28. The highest BCUT2D eigenvalue weighted by Gasteiger charge is 2.60. The smallest absolute Gasteiger partial charge is 0.251 e. The van der Waals surface area contributed by atoms with Gasteiger partial charge >= 0.3 is 0 Å². The van der Waals surface area contributed by atoms with Gasteiger partial charge in [0, 0.05) is 34.0 Å². The van der Waals surface area contributed by atoms with Crippen LogP contribution in [0.2, 0.25) is 0 Å². The maximum atomic E-state index is 13.5. The van der Waals surface area contributed by atoms with Crippen molar-refractivity contribution in [3.63, 3.8) is 0 Å².